The summed E-state index contributed by atoms with van der Waals surface area (Å²) in [6.45, 7) is 1.67. The van der Waals surface area contributed by atoms with Crippen LogP contribution in [0.5, 0.6) is 0 Å². The van der Waals surface area contributed by atoms with Crippen molar-refractivity contribution in [3.63, 3.8) is 0 Å². The summed E-state index contributed by atoms with van der Waals surface area (Å²) in [5.74, 6) is -1.09. The number of H-pyrrole nitrogens is 1. The van der Waals surface area contributed by atoms with Crippen molar-refractivity contribution in [3.05, 3.63) is 68.7 Å². The molecule has 1 atom stereocenters. The van der Waals surface area contributed by atoms with Crippen molar-refractivity contribution in [2.75, 3.05) is 0 Å². The zero-order chi connectivity index (χ0) is 19.1. The number of pyridine rings is 1. The van der Waals surface area contributed by atoms with Gasteiger partial charge in [-0.2, -0.15) is 13.2 Å². The third-order valence-corrected chi connectivity index (χ3v) is 4.13. The fourth-order valence-electron chi connectivity index (χ4n) is 2.56. The lowest BCUT2D eigenvalue weighted by Gasteiger charge is -2.14. The lowest BCUT2D eigenvalue weighted by atomic mass is 10.1. The van der Waals surface area contributed by atoms with E-state index < -0.39 is 40.3 Å². The summed E-state index contributed by atoms with van der Waals surface area (Å²) in [6, 6.07) is 7.70. The number of carbonyl (C=O) groups is 1. The van der Waals surface area contributed by atoms with Gasteiger partial charge in [-0.25, -0.2) is 0 Å². The van der Waals surface area contributed by atoms with Gasteiger partial charge in [-0.05, 0) is 24.6 Å². The lowest BCUT2D eigenvalue weighted by Crippen LogP contribution is -2.26. The molecule has 0 spiro atoms. The quantitative estimate of drug-likeness (QED) is 0.707. The topological polar surface area (TPSA) is 75.1 Å². The van der Waals surface area contributed by atoms with Gasteiger partial charge < -0.3 is 9.73 Å². The molecule has 0 radical (unpaired) electrons. The molecule has 0 fully saturated rings. The molecule has 1 unspecified atom stereocenters. The Morgan fingerprint density at radius 1 is 1.27 bits per heavy atom. The number of alkyl halides is 3. The van der Waals surface area contributed by atoms with Crippen LogP contribution in [-0.2, 0) is 6.18 Å². The smallest absolute Gasteiger partial charge is 0.417 e. The molecule has 0 aliphatic heterocycles. The fraction of sp³-hybridized carbons (Fsp3) is 0.176. The second kappa shape index (κ2) is 6.53. The summed E-state index contributed by atoms with van der Waals surface area (Å²) >= 11 is 6.06. The van der Waals surface area contributed by atoms with Crippen molar-refractivity contribution in [1.82, 2.24) is 10.3 Å². The Hall–Kier alpha value is -2.74. The lowest BCUT2D eigenvalue weighted by molar-refractivity contribution is -0.136. The molecule has 0 aliphatic carbocycles. The molecule has 2 aromatic heterocycles. The average Bonchev–Trinajstić information content (AvgIpc) is 2.97. The maximum absolute atomic E-state index is 13.1. The van der Waals surface area contributed by atoms with Gasteiger partial charge in [0.2, 0.25) is 5.71 Å². The number of aromatic nitrogens is 1. The molecule has 3 aromatic rings. The van der Waals surface area contributed by atoms with Crippen molar-refractivity contribution in [2.45, 2.75) is 19.1 Å². The van der Waals surface area contributed by atoms with Crippen molar-refractivity contribution < 1.29 is 22.4 Å². The van der Waals surface area contributed by atoms with Crippen LogP contribution < -0.4 is 10.9 Å². The van der Waals surface area contributed by atoms with E-state index in [-0.39, 0.29) is 5.76 Å². The van der Waals surface area contributed by atoms with Gasteiger partial charge in [-0.15, -0.1) is 0 Å². The number of fused-ring (bicyclic) bond motifs is 1. The predicted molar refractivity (Wildman–Crippen MR) is 89.2 cm³/mol. The third kappa shape index (κ3) is 3.45. The van der Waals surface area contributed by atoms with Crippen molar-refractivity contribution in [2.24, 2.45) is 0 Å². The van der Waals surface area contributed by atoms with Crippen LogP contribution in [0.15, 0.2) is 45.6 Å². The number of hydrogen-bond donors (Lipinski definition) is 2. The molecule has 0 bridgehead atoms. The molecule has 26 heavy (non-hydrogen) atoms. The van der Waals surface area contributed by atoms with Gasteiger partial charge in [0.05, 0.1) is 17.0 Å². The van der Waals surface area contributed by atoms with Gasteiger partial charge in [0.25, 0.3) is 11.5 Å². The maximum Gasteiger partial charge on any atom is 0.417 e. The highest BCUT2D eigenvalue weighted by atomic mass is 35.5. The first-order valence-electron chi connectivity index (χ1n) is 7.46. The number of furan rings is 1. The van der Waals surface area contributed by atoms with E-state index in [1.807, 2.05) is 0 Å². The van der Waals surface area contributed by atoms with Gasteiger partial charge in [0.15, 0.2) is 5.76 Å². The SMILES string of the molecule is CC(NC(=O)c1cc2c(C(F)(F)F)cc(=O)[nH]c2o1)c1ccccc1Cl. The van der Waals surface area contributed by atoms with Crippen molar-refractivity contribution >= 4 is 28.6 Å². The highest BCUT2D eigenvalue weighted by molar-refractivity contribution is 6.31. The Balaban J connectivity index is 1.95. The molecular formula is C17H12ClF3N2O3. The van der Waals surface area contributed by atoms with Crippen LogP contribution in [-0.4, -0.2) is 10.9 Å². The molecule has 136 valence electrons. The molecule has 0 saturated heterocycles. The Labute approximate surface area is 149 Å². The Morgan fingerprint density at radius 3 is 2.62 bits per heavy atom. The third-order valence-electron chi connectivity index (χ3n) is 3.78. The van der Waals surface area contributed by atoms with Gasteiger partial charge in [-0.3, -0.25) is 14.6 Å². The maximum atomic E-state index is 13.1. The Bertz CT molecular complexity index is 1040. The van der Waals surface area contributed by atoms with E-state index in [0.29, 0.717) is 16.7 Å². The van der Waals surface area contributed by atoms with Crippen molar-refractivity contribution in [1.29, 1.82) is 0 Å². The minimum absolute atomic E-state index is 0.355. The van der Waals surface area contributed by atoms with E-state index in [2.05, 4.69) is 10.3 Å². The molecule has 9 heteroatoms. The summed E-state index contributed by atoms with van der Waals surface area (Å²) < 4.78 is 44.3. The van der Waals surface area contributed by atoms with Crippen LogP contribution in [0.1, 0.15) is 34.6 Å². The number of amides is 1. The fourth-order valence-corrected chi connectivity index (χ4v) is 2.86. The minimum atomic E-state index is -4.75. The van der Waals surface area contributed by atoms with E-state index >= 15 is 0 Å². The first-order valence-corrected chi connectivity index (χ1v) is 7.84. The Morgan fingerprint density at radius 2 is 1.96 bits per heavy atom. The van der Waals surface area contributed by atoms with Crippen molar-refractivity contribution in [3.8, 4) is 0 Å². The standard InChI is InChI=1S/C17H12ClF3N2O3/c1-8(9-4-2-3-5-12(9)18)22-15(25)13-6-10-11(17(19,20)21)7-14(24)23-16(10)26-13/h2-8H,1H3,(H,22,25)(H,23,24). The van der Waals surface area contributed by atoms with E-state index in [1.54, 1.807) is 31.2 Å². The molecule has 2 N–H and O–H groups in total. The van der Waals surface area contributed by atoms with E-state index in [0.717, 1.165) is 6.07 Å². The van der Waals surface area contributed by atoms with Crippen LogP contribution in [0.2, 0.25) is 5.02 Å². The highest BCUT2D eigenvalue weighted by Crippen LogP contribution is 2.34. The van der Waals surface area contributed by atoms with Crippen LogP contribution >= 0.6 is 11.6 Å². The second-order valence-electron chi connectivity index (χ2n) is 5.62. The van der Waals surface area contributed by atoms with Gasteiger partial charge in [0, 0.05) is 11.1 Å². The normalized spacial score (nSPS) is 13.0. The summed E-state index contributed by atoms with van der Waals surface area (Å²) in [5, 5.41) is 2.64. The van der Waals surface area contributed by atoms with Crippen LogP contribution in [0.25, 0.3) is 11.1 Å². The molecule has 0 aliphatic rings. The van der Waals surface area contributed by atoms with Gasteiger partial charge in [0.1, 0.15) is 0 Å². The van der Waals surface area contributed by atoms with Crippen LogP contribution in [0, 0.1) is 0 Å². The molecule has 5 nitrogen and oxygen atoms in total. The molecule has 0 saturated carbocycles. The Kier molecular flexibility index (Phi) is 4.53. The molecule has 1 aromatic carbocycles. The predicted octanol–water partition coefficient (Wildman–Crippen LogP) is 4.28. The number of hydrogen-bond acceptors (Lipinski definition) is 3. The van der Waals surface area contributed by atoms with Gasteiger partial charge >= 0.3 is 6.18 Å². The molecule has 2 heterocycles. The van der Waals surface area contributed by atoms with E-state index in [4.69, 9.17) is 16.0 Å². The number of benzene rings is 1. The highest BCUT2D eigenvalue weighted by Gasteiger charge is 2.34. The first kappa shape index (κ1) is 18.1. The van der Waals surface area contributed by atoms with Crippen LogP contribution in [0.4, 0.5) is 13.2 Å². The van der Waals surface area contributed by atoms with Gasteiger partial charge in [-0.1, -0.05) is 29.8 Å². The summed E-state index contributed by atoms with van der Waals surface area (Å²) in [4.78, 5) is 25.9. The zero-order valence-corrected chi connectivity index (χ0v) is 14.0. The van der Waals surface area contributed by atoms with E-state index in [1.165, 1.54) is 0 Å². The molecule has 1 amide bonds. The summed E-state index contributed by atoms with van der Waals surface area (Å²) in [7, 11) is 0. The summed E-state index contributed by atoms with van der Waals surface area (Å²) in [5.41, 5.74) is -1.92. The van der Waals surface area contributed by atoms with Crippen LogP contribution in [0.3, 0.4) is 0 Å². The molecule has 3 rings (SSSR count). The number of halogens is 4. The van der Waals surface area contributed by atoms with E-state index in [9.17, 15) is 22.8 Å². The average molecular weight is 385 g/mol. The monoisotopic (exact) mass is 384 g/mol. The number of aromatic amines is 1. The zero-order valence-electron chi connectivity index (χ0n) is 13.3. The second-order valence-corrected chi connectivity index (χ2v) is 6.02. The number of nitrogens with one attached hydrogen (secondary N) is 2. The largest absolute Gasteiger partial charge is 0.434 e. The molecular weight excluding hydrogens is 373 g/mol. The number of rotatable bonds is 3. The summed E-state index contributed by atoms with van der Waals surface area (Å²) in [6.07, 6.45) is -4.75. The number of carbonyl (C=O) groups excluding carboxylic acids is 1. The first-order chi connectivity index (χ1) is 12.2. The minimum Gasteiger partial charge on any atom is -0.434 e.